The van der Waals surface area contributed by atoms with Gasteiger partial charge in [-0.2, -0.15) is 0 Å². The van der Waals surface area contributed by atoms with Crippen LogP contribution in [0.4, 0.5) is 0 Å². The van der Waals surface area contributed by atoms with Crippen LogP contribution in [0.25, 0.3) is 0 Å². The molecule has 0 aliphatic carbocycles. The lowest BCUT2D eigenvalue weighted by atomic mass is 10.2. The molecule has 1 aromatic rings. The number of fused-ring (bicyclic) bond motifs is 1. The molecule has 50 valence electrons. The molecule has 0 bridgehead atoms. The third kappa shape index (κ3) is 1.07. The molecule has 0 fully saturated rings. The van der Waals surface area contributed by atoms with Crippen LogP contribution in [-0.2, 0) is 0 Å². The lowest BCUT2D eigenvalue weighted by Gasteiger charge is -2.05. The van der Waals surface area contributed by atoms with Crippen molar-refractivity contribution in [3.63, 3.8) is 0 Å². The summed E-state index contributed by atoms with van der Waals surface area (Å²) in [6.07, 6.45) is 1.90. The van der Waals surface area contributed by atoms with Gasteiger partial charge >= 0.3 is 0 Å². The number of nitrogens with zero attached hydrogens (tertiary/aromatic N) is 1. The van der Waals surface area contributed by atoms with Crippen LogP contribution in [0.3, 0.4) is 0 Å². The minimum Gasteiger partial charge on any atom is -0.212 e. The van der Waals surface area contributed by atoms with Crippen LogP contribution >= 0.6 is 21.8 Å². The average Bonchev–Trinajstić information content (AvgIpc) is 2.05. The normalized spacial score (nSPS) is 14.8. The SMILES string of the molecule is C1=NSSc2ccccc21. The first-order valence-electron chi connectivity index (χ1n) is 2.93. The van der Waals surface area contributed by atoms with Crippen molar-refractivity contribution in [3.05, 3.63) is 29.8 Å². The number of benzene rings is 1. The minimum atomic E-state index is 1.23. The highest BCUT2D eigenvalue weighted by Gasteiger charge is 2.03. The summed E-state index contributed by atoms with van der Waals surface area (Å²) in [7, 11) is 3.23. The van der Waals surface area contributed by atoms with Crippen molar-refractivity contribution in [2.45, 2.75) is 4.90 Å². The maximum atomic E-state index is 4.07. The summed E-state index contributed by atoms with van der Waals surface area (Å²) in [4.78, 5) is 1.31. The molecule has 1 heterocycles. The third-order valence-corrected chi connectivity index (χ3v) is 3.12. The molecule has 3 heteroatoms. The third-order valence-electron chi connectivity index (χ3n) is 1.28. The van der Waals surface area contributed by atoms with E-state index < -0.39 is 0 Å². The second-order valence-corrected chi connectivity index (χ2v) is 3.84. The predicted molar refractivity (Wildman–Crippen MR) is 47.5 cm³/mol. The summed E-state index contributed by atoms with van der Waals surface area (Å²) in [5, 5.41) is 0. The Morgan fingerprint density at radius 2 is 2.10 bits per heavy atom. The van der Waals surface area contributed by atoms with Gasteiger partial charge in [-0.25, -0.2) is 4.40 Å². The van der Waals surface area contributed by atoms with Crippen molar-refractivity contribution >= 4 is 28.0 Å². The number of rotatable bonds is 0. The van der Waals surface area contributed by atoms with E-state index in [2.05, 4.69) is 16.5 Å². The fourth-order valence-corrected chi connectivity index (χ4v) is 2.39. The van der Waals surface area contributed by atoms with E-state index in [-0.39, 0.29) is 0 Å². The van der Waals surface area contributed by atoms with Crippen molar-refractivity contribution in [1.29, 1.82) is 0 Å². The molecule has 0 unspecified atom stereocenters. The fourth-order valence-electron chi connectivity index (χ4n) is 0.803. The molecule has 1 nitrogen and oxygen atoms in total. The van der Waals surface area contributed by atoms with Crippen molar-refractivity contribution in [1.82, 2.24) is 0 Å². The first-order chi connectivity index (χ1) is 4.97. The Balaban J connectivity index is 2.54. The highest BCUT2D eigenvalue weighted by Crippen LogP contribution is 2.36. The van der Waals surface area contributed by atoms with Crippen LogP contribution in [0.2, 0.25) is 0 Å². The molecular formula is C7H5NS2. The molecule has 1 aromatic carbocycles. The van der Waals surface area contributed by atoms with Crippen molar-refractivity contribution < 1.29 is 0 Å². The first-order valence-corrected chi connectivity index (χ1v) is 5.03. The van der Waals surface area contributed by atoms with Crippen molar-refractivity contribution in [2.75, 3.05) is 0 Å². The summed E-state index contributed by atoms with van der Waals surface area (Å²) < 4.78 is 4.07. The van der Waals surface area contributed by atoms with Gasteiger partial charge in [-0.3, -0.25) is 0 Å². The van der Waals surface area contributed by atoms with Gasteiger partial charge in [0.2, 0.25) is 0 Å². The summed E-state index contributed by atoms with van der Waals surface area (Å²) >= 11 is 0. The smallest absolute Gasteiger partial charge is 0.0487 e. The lowest BCUT2D eigenvalue weighted by Crippen LogP contribution is -1.85. The molecule has 0 spiro atoms. The molecule has 1 aliphatic rings. The molecule has 0 saturated carbocycles. The average molecular weight is 167 g/mol. The molecule has 10 heavy (non-hydrogen) atoms. The van der Waals surface area contributed by atoms with E-state index in [1.54, 1.807) is 10.8 Å². The van der Waals surface area contributed by atoms with E-state index in [0.29, 0.717) is 0 Å². The zero-order valence-electron chi connectivity index (χ0n) is 5.15. The quantitative estimate of drug-likeness (QED) is 0.435. The van der Waals surface area contributed by atoms with Crippen LogP contribution in [0, 0.1) is 0 Å². The molecule has 2 rings (SSSR count). The lowest BCUT2D eigenvalue weighted by molar-refractivity contribution is 1.44. The Morgan fingerprint density at radius 3 is 3.00 bits per heavy atom. The molecule has 0 radical (unpaired) electrons. The standard InChI is InChI=1S/C7H5NS2/c1-2-4-7-6(3-1)5-8-10-9-7/h1-5H. The Labute approximate surface area is 67.5 Å². The number of hydrogen-bond donors (Lipinski definition) is 0. The number of hydrogen-bond acceptors (Lipinski definition) is 3. The van der Waals surface area contributed by atoms with Gasteiger partial charge in [-0.05, 0) is 16.9 Å². The van der Waals surface area contributed by atoms with Gasteiger partial charge in [-0.15, -0.1) is 0 Å². The van der Waals surface area contributed by atoms with E-state index in [9.17, 15) is 0 Å². The Hall–Kier alpha value is -0.410. The zero-order chi connectivity index (χ0) is 6.81. The topological polar surface area (TPSA) is 12.4 Å². The van der Waals surface area contributed by atoms with Gasteiger partial charge < -0.3 is 0 Å². The van der Waals surface area contributed by atoms with Gasteiger partial charge in [-0.1, -0.05) is 18.2 Å². The fraction of sp³-hybridized carbons (Fsp3) is 0. The molecular weight excluding hydrogens is 162 g/mol. The maximum Gasteiger partial charge on any atom is 0.0487 e. The second-order valence-electron chi connectivity index (χ2n) is 1.93. The highest BCUT2D eigenvalue weighted by molar-refractivity contribution is 8.76. The Bertz CT molecular complexity index is 270. The van der Waals surface area contributed by atoms with Gasteiger partial charge in [0.15, 0.2) is 0 Å². The molecule has 0 aromatic heterocycles. The largest absolute Gasteiger partial charge is 0.212 e. The van der Waals surface area contributed by atoms with Gasteiger partial charge in [0.1, 0.15) is 0 Å². The van der Waals surface area contributed by atoms with Crippen LogP contribution in [0.1, 0.15) is 5.56 Å². The minimum absolute atomic E-state index is 1.23. The van der Waals surface area contributed by atoms with Crippen LogP contribution < -0.4 is 0 Å². The second kappa shape index (κ2) is 2.68. The molecule has 1 aliphatic heterocycles. The molecule has 0 saturated heterocycles. The Morgan fingerprint density at radius 1 is 1.20 bits per heavy atom. The van der Waals surface area contributed by atoms with E-state index in [1.807, 2.05) is 18.3 Å². The van der Waals surface area contributed by atoms with Crippen LogP contribution in [0.15, 0.2) is 33.6 Å². The zero-order valence-corrected chi connectivity index (χ0v) is 6.78. The maximum absolute atomic E-state index is 4.07. The van der Waals surface area contributed by atoms with E-state index >= 15 is 0 Å². The van der Waals surface area contributed by atoms with Gasteiger partial charge in [0.05, 0.1) is 0 Å². The van der Waals surface area contributed by atoms with Crippen LogP contribution in [-0.4, -0.2) is 6.21 Å². The first kappa shape index (κ1) is 6.31. The summed E-state index contributed by atoms with van der Waals surface area (Å²) in [5.74, 6) is 0. The monoisotopic (exact) mass is 167 g/mol. The van der Waals surface area contributed by atoms with E-state index in [0.717, 1.165) is 0 Å². The van der Waals surface area contributed by atoms with E-state index in [4.69, 9.17) is 0 Å². The van der Waals surface area contributed by atoms with Crippen molar-refractivity contribution in [2.24, 2.45) is 4.40 Å². The molecule has 0 atom stereocenters. The summed E-state index contributed by atoms with van der Waals surface area (Å²) in [6.45, 7) is 0. The van der Waals surface area contributed by atoms with Gasteiger partial charge in [0, 0.05) is 27.7 Å². The van der Waals surface area contributed by atoms with Crippen molar-refractivity contribution in [3.8, 4) is 0 Å². The van der Waals surface area contributed by atoms with Gasteiger partial charge in [0.25, 0.3) is 0 Å². The Kier molecular flexibility index (Phi) is 1.69. The van der Waals surface area contributed by atoms with Crippen LogP contribution in [0.5, 0.6) is 0 Å². The highest BCUT2D eigenvalue weighted by atomic mass is 33.1. The predicted octanol–water partition coefficient (Wildman–Crippen LogP) is 2.77. The summed E-state index contributed by atoms with van der Waals surface area (Å²) in [5.41, 5.74) is 1.23. The molecule has 0 amide bonds. The molecule has 0 N–H and O–H groups in total. The summed E-state index contributed by atoms with van der Waals surface area (Å²) in [6, 6.07) is 8.26. The van der Waals surface area contributed by atoms with E-state index in [1.165, 1.54) is 21.4 Å².